The van der Waals surface area contributed by atoms with Gasteiger partial charge in [0.15, 0.2) is 0 Å². The van der Waals surface area contributed by atoms with Gasteiger partial charge in [-0.1, -0.05) is 191 Å². The Hall–Kier alpha value is -6.71. The van der Waals surface area contributed by atoms with E-state index in [1.165, 1.54) is 165 Å². The first-order valence-corrected chi connectivity index (χ1v) is 29.2. The van der Waals surface area contributed by atoms with E-state index in [-0.39, 0.29) is 45.9 Å². The fourth-order valence-electron chi connectivity index (χ4n) is 14.9. The lowest BCUT2D eigenvalue weighted by atomic mass is 9.29. The lowest BCUT2D eigenvalue weighted by Crippen LogP contribution is -2.67. The second kappa shape index (κ2) is 14.6. The van der Waals surface area contributed by atoms with E-state index in [4.69, 9.17) is 0 Å². The van der Waals surface area contributed by atoms with Crippen LogP contribution < -0.4 is 32.8 Å². The molecule has 0 spiro atoms. The molecule has 388 valence electrons. The summed E-state index contributed by atoms with van der Waals surface area (Å²) in [7, 11) is 0. The van der Waals surface area contributed by atoms with Crippen LogP contribution in [0.5, 0.6) is 0 Å². The zero-order chi connectivity index (χ0) is 54.9. The molecule has 0 saturated carbocycles. The predicted molar refractivity (Wildman–Crippen MR) is 341 cm³/mol. The number of aryl methyl sites for hydroxylation is 1. The van der Waals surface area contributed by atoms with Crippen molar-refractivity contribution in [3.8, 4) is 28.2 Å². The summed E-state index contributed by atoms with van der Waals surface area (Å²) in [5, 5.41) is 8.18. The van der Waals surface area contributed by atoms with Crippen LogP contribution in [-0.2, 0) is 32.5 Å². The van der Waals surface area contributed by atoms with Gasteiger partial charge in [0, 0.05) is 65.6 Å². The molecule has 7 heterocycles. The van der Waals surface area contributed by atoms with Gasteiger partial charge >= 0.3 is 0 Å². The van der Waals surface area contributed by atoms with Crippen LogP contribution in [0.2, 0.25) is 0 Å². The minimum atomic E-state index is -0.0909. The van der Waals surface area contributed by atoms with Crippen molar-refractivity contribution in [1.82, 2.24) is 13.7 Å². The van der Waals surface area contributed by atoms with Crippen LogP contribution in [0.1, 0.15) is 164 Å². The maximum absolute atomic E-state index is 2.84. The molecule has 0 atom stereocenters. The normalized spacial score (nSPS) is 14.8. The van der Waals surface area contributed by atoms with Gasteiger partial charge in [0.1, 0.15) is 0 Å². The summed E-state index contributed by atoms with van der Waals surface area (Å²) >= 11 is 0. The maximum atomic E-state index is 2.84. The van der Waals surface area contributed by atoms with Gasteiger partial charge < -0.3 is 13.7 Å². The molecule has 3 nitrogen and oxygen atoms in total. The Morgan fingerprint density at radius 3 is 0.910 bits per heavy atom. The Balaban J connectivity index is 1.28. The first kappa shape index (κ1) is 48.4. The van der Waals surface area contributed by atoms with E-state index < -0.39 is 0 Å². The van der Waals surface area contributed by atoms with Gasteiger partial charge in [-0.15, -0.1) is 0 Å². The molecule has 11 aromatic rings. The summed E-state index contributed by atoms with van der Waals surface area (Å²) in [6.45, 7) is 45.4. The number of hydrogen-bond acceptors (Lipinski definition) is 0. The van der Waals surface area contributed by atoms with Crippen molar-refractivity contribution in [2.75, 3.05) is 0 Å². The highest BCUT2D eigenvalue weighted by Crippen LogP contribution is 2.50. The smallest absolute Gasteiger partial charge is 0.252 e. The third kappa shape index (κ3) is 6.15. The minimum absolute atomic E-state index is 0.0238. The van der Waals surface area contributed by atoms with E-state index in [1.54, 1.807) is 0 Å². The van der Waals surface area contributed by atoms with Crippen LogP contribution >= 0.6 is 0 Å². The Morgan fingerprint density at radius 1 is 0.295 bits per heavy atom. The van der Waals surface area contributed by atoms with E-state index in [1.807, 2.05) is 0 Å². The van der Waals surface area contributed by atoms with Crippen LogP contribution in [-0.4, -0.2) is 27.1 Å². The van der Waals surface area contributed by atoms with Crippen molar-refractivity contribution in [2.45, 2.75) is 164 Å². The molecule has 4 aliphatic heterocycles. The standard InChI is InChI=1S/C73H75B2N3/c1-38-20-22-39(23-21-38)58-65-59-67-60-66(58)77-57-27-25-41(69(5,6)7)29-47(57)49-31-43(71(11,12)13)35-53(62(49)77)75(60)55-37-45(73(17,18)19)33-51-50-32-44(72(14,15)16)36-54(63(50)78(67)64(51)55)74(59)52-34-42(70(8,9)10)30-48-46-28-40(68(2,3)4)24-26-56(46)76(65)61(48)52/h20-37H,1-19H3. The number of benzene rings is 8. The second-order valence-corrected chi connectivity index (χ2v) is 30.8. The molecule has 0 fully saturated rings. The Labute approximate surface area is 463 Å². The van der Waals surface area contributed by atoms with E-state index >= 15 is 0 Å². The van der Waals surface area contributed by atoms with Crippen molar-refractivity contribution in [3.63, 3.8) is 0 Å². The van der Waals surface area contributed by atoms with E-state index in [0.717, 1.165) is 0 Å². The van der Waals surface area contributed by atoms with Gasteiger partial charge in [-0.3, -0.25) is 0 Å². The summed E-state index contributed by atoms with van der Waals surface area (Å²) in [6.07, 6.45) is 0. The van der Waals surface area contributed by atoms with Crippen LogP contribution in [0.4, 0.5) is 0 Å². The summed E-state index contributed by atoms with van der Waals surface area (Å²) in [5.41, 5.74) is 32.5. The summed E-state index contributed by atoms with van der Waals surface area (Å²) < 4.78 is 8.43. The van der Waals surface area contributed by atoms with E-state index in [9.17, 15) is 0 Å². The molecule has 0 radical (unpaired) electrons. The van der Waals surface area contributed by atoms with Crippen LogP contribution in [0.25, 0.3) is 93.6 Å². The van der Waals surface area contributed by atoms with Crippen molar-refractivity contribution in [1.29, 1.82) is 0 Å². The second-order valence-electron chi connectivity index (χ2n) is 30.8. The molecule has 3 aromatic heterocycles. The van der Waals surface area contributed by atoms with Crippen molar-refractivity contribution < 1.29 is 0 Å². The van der Waals surface area contributed by atoms with Gasteiger partial charge in [-0.05, 0) is 160 Å². The molecule has 0 aliphatic carbocycles. The molecule has 8 aromatic carbocycles. The minimum Gasteiger partial charge on any atom is -0.311 e. The Morgan fingerprint density at radius 2 is 0.590 bits per heavy atom. The zero-order valence-electron chi connectivity index (χ0n) is 49.9. The molecule has 5 heteroatoms. The third-order valence-corrected chi connectivity index (χ3v) is 19.3. The average Bonchev–Trinajstić information content (AvgIpc) is 1.91. The monoisotopic (exact) mass is 1020 g/mol. The van der Waals surface area contributed by atoms with Crippen LogP contribution in [0.15, 0.2) is 109 Å². The third-order valence-electron chi connectivity index (χ3n) is 19.3. The highest BCUT2D eigenvalue weighted by molar-refractivity contribution is 7.04. The summed E-state index contributed by atoms with van der Waals surface area (Å²) in [6, 6.07) is 45.6. The van der Waals surface area contributed by atoms with Crippen molar-refractivity contribution >= 4 is 112 Å². The molecule has 0 bridgehead atoms. The number of rotatable bonds is 1. The highest BCUT2D eigenvalue weighted by Gasteiger charge is 2.52. The fraction of sp³-hybridized carbons (Fsp3) is 0.342. The number of hydrogen-bond donors (Lipinski definition) is 0. The molecule has 0 amide bonds. The van der Waals surface area contributed by atoms with Gasteiger partial charge in [0.2, 0.25) is 0 Å². The highest BCUT2D eigenvalue weighted by atomic mass is 15.1. The van der Waals surface area contributed by atoms with Gasteiger partial charge in [0.05, 0.1) is 22.4 Å². The molecular weight excluding hydrogens is 940 g/mol. The van der Waals surface area contributed by atoms with Crippen LogP contribution in [0.3, 0.4) is 0 Å². The van der Waals surface area contributed by atoms with Crippen molar-refractivity contribution in [2.24, 2.45) is 0 Å². The average molecular weight is 1020 g/mol. The Bertz CT molecular complexity index is 4330. The quantitative estimate of drug-likeness (QED) is 0.146. The van der Waals surface area contributed by atoms with Gasteiger partial charge in [0.25, 0.3) is 13.4 Å². The van der Waals surface area contributed by atoms with E-state index in [2.05, 4.69) is 254 Å². The zero-order valence-corrected chi connectivity index (χ0v) is 49.9. The molecule has 78 heavy (non-hydrogen) atoms. The molecule has 0 saturated heterocycles. The molecular formula is C73H75B2N3. The molecule has 15 rings (SSSR count). The topological polar surface area (TPSA) is 14.8 Å². The van der Waals surface area contributed by atoms with Crippen LogP contribution in [0, 0.1) is 6.92 Å². The van der Waals surface area contributed by atoms with Gasteiger partial charge in [-0.2, -0.15) is 0 Å². The molecule has 4 aliphatic rings. The molecule has 0 unspecified atom stereocenters. The maximum Gasteiger partial charge on any atom is 0.252 e. The lowest BCUT2D eigenvalue weighted by molar-refractivity contribution is 0.590. The number of fused-ring (bicyclic) bond motifs is 13. The van der Waals surface area contributed by atoms with Crippen molar-refractivity contribution in [3.05, 3.63) is 148 Å². The summed E-state index contributed by atoms with van der Waals surface area (Å²) in [4.78, 5) is 0. The largest absolute Gasteiger partial charge is 0.311 e. The van der Waals surface area contributed by atoms with E-state index in [0.29, 0.717) is 0 Å². The summed E-state index contributed by atoms with van der Waals surface area (Å²) in [5.74, 6) is 0. The number of aromatic nitrogens is 3. The molecule has 0 N–H and O–H groups in total. The lowest BCUT2D eigenvalue weighted by Gasteiger charge is -2.43. The fourth-order valence-corrected chi connectivity index (χ4v) is 14.9. The first-order valence-electron chi connectivity index (χ1n) is 29.2. The Kier molecular flexibility index (Phi) is 9.03. The SMILES string of the molecule is Cc1ccc(-c2c3c4c5c6c2-n2c7ccc(C(C)(C)C)cc7c7cc(C(C)(C)C)cc(c72)B6c2cc(C(C)(C)C)cc6c7cc(C(C)(C)C)cc(c7n-5c26)B4c2cc(C(C)(C)C)cc4c5cc(C(C)(C)C)ccc5n-3c24)cc1. The first-order chi connectivity index (χ1) is 36.4. The number of nitrogens with zero attached hydrogens (tertiary/aromatic N) is 3. The predicted octanol–water partition coefficient (Wildman–Crippen LogP) is 15.0. The van der Waals surface area contributed by atoms with Gasteiger partial charge in [-0.25, -0.2) is 0 Å².